The van der Waals surface area contributed by atoms with E-state index in [0.717, 1.165) is 25.7 Å². The maximum atomic E-state index is 12.2. The highest BCUT2D eigenvalue weighted by atomic mass is 35.5. The highest BCUT2D eigenvalue weighted by Crippen LogP contribution is 2.27. The van der Waals surface area contributed by atoms with Crippen LogP contribution < -0.4 is 10.5 Å². The molecule has 0 atom stereocenters. The summed E-state index contributed by atoms with van der Waals surface area (Å²) < 4.78 is 27.0. The highest BCUT2D eigenvalue weighted by Gasteiger charge is 2.22. The molecule has 0 heterocycles. The van der Waals surface area contributed by atoms with E-state index in [4.69, 9.17) is 29.6 Å². The van der Waals surface area contributed by atoms with Gasteiger partial charge in [-0.05, 0) is 37.0 Å². The van der Waals surface area contributed by atoms with Gasteiger partial charge in [-0.25, -0.2) is 8.42 Å². The van der Waals surface area contributed by atoms with Gasteiger partial charge in [-0.1, -0.05) is 43.1 Å². The van der Waals surface area contributed by atoms with Crippen molar-refractivity contribution in [3.05, 3.63) is 28.8 Å². The summed E-state index contributed by atoms with van der Waals surface area (Å²) in [5, 5.41) is 0.299. The van der Waals surface area contributed by atoms with Crippen LogP contribution in [0.1, 0.15) is 37.7 Å². The minimum absolute atomic E-state index is 0.153. The maximum absolute atomic E-state index is 12.2. The smallest absolute Gasteiger partial charge is 0.233 e. The fraction of sp³-hybridized carbons (Fsp3) is 0.500. The second-order valence-electron chi connectivity index (χ2n) is 5.45. The normalized spacial score (nSPS) is 16.6. The molecule has 7 heteroatoms. The van der Waals surface area contributed by atoms with E-state index in [1.165, 1.54) is 6.42 Å². The molecule has 1 aromatic rings. The molecule has 0 spiro atoms. The Bertz CT molecular complexity index is 626. The number of thiocarbonyl (C=S) groups is 1. The van der Waals surface area contributed by atoms with Gasteiger partial charge < -0.3 is 5.73 Å². The van der Waals surface area contributed by atoms with Crippen molar-refractivity contribution in [1.29, 1.82) is 0 Å². The highest BCUT2D eigenvalue weighted by molar-refractivity contribution is 7.92. The maximum Gasteiger partial charge on any atom is 0.233 e. The number of hydrogen-bond acceptors (Lipinski definition) is 3. The fourth-order valence-electron chi connectivity index (χ4n) is 2.62. The number of nitrogens with one attached hydrogen (secondary N) is 1. The monoisotopic (exact) mass is 346 g/mol. The van der Waals surface area contributed by atoms with Gasteiger partial charge in [-0.2, -0.15) is 0 Å². The first-order chi connectivity index (χ1) is 9.87. The van der Waals surface area contributed by atoms with Crippen LogP contribution in [0.15, 0.2) is 18.2 Å². The minimum Gasteiger partial charge on any atom is -0.389 e. The molecule has 0 amide bonds. The Kier molecular flexibility index (Phi) is 5.46. The largest absolute Gasteiger partial charge is 0.389 e. The zero-order chi connectivity index (χ0) is 15.5. The zero-order valence-corrected chi connectivity index (χ0v) is 14.0. The molecular weight excluding hydrogens is 328 g/mol. The Balaban J connectivity index is 2.07. The molecule has 1 aliphatic carbocycles. The third-order valence-electron chi connectivity index (χ3n) is 3.70. The van der Waals surface area contributed by atoms with E-state index in [1.54, 1.807) is 18.2 Å². The quantitative estimate of drug-likeness (QED) is 0.802. The number of nitrogens with two attached hydrogens (primary N) is 1. The number of halogens is 1. The number of hydrogen-bond donors (Lipinski definition) is 2. The molecule has 21 heavy (non-hydrogen) atoms. The van der Waals surface area contributed by atoms with Gasteiger partial charge >= 0.3 is 0 Å². The van der Waals surface area contributed by atoms with Crippen LogP contribution in [-0.2, 0) is 10.0 Å². The molecule has 0 radical (unpaired) electrons. The number of sulfonamides is 1. The minimum atomic E-state index is -3.39. The average Bonchev–Trinajstić information content (AvgIpc) is 2.41. The topological polar surface area (TPSA) is 72.2 Å². The third kappa shape index (κ3) is 4.83. The number of anilines is 1. The molecule has 4 nitrogen and oxygen atoms in total. The fourth-order valence-corrected chi connectivity index (χ4v) is 4.59. The van der Waals surface area contributed by atoms with Crippen LogP contribution in [0.4, 0.5) is 5.69 Å². The van der Waals surface area contributed by atoms with E-state index >= 15 is 0 Å². The lowest BCUT2D eigenvalue weighted by molar-refractivity contribution is 0.385. The van der Waals surface area contributed by atoms with Gasteiger partial charge in [0.2, 0.25) is 10.0 Å². The molecule has 1 saturated carbocycles. The van der Waals surface area contributed by atoms with E-state index in [9.17, 15) is 8.42 Å². The lowest BCUT2D eigenvalue weighted by Gasteiger charge is -2.21. The van der Waals surface area contributed by atoms with Crippen molar-refractivity contribution in [3.8, 4) is 0 Å². The van der Waals surface area contributed by atoms with Crippen LogP contribution in [0.5, 0.6) is 0 Å². The van der Waals surface area contributed by atoms with Gasteiger partial charge in [0, 0.05) is 5.56 Å². The molecule has 1 fully saturated rings. The summed E-state index contributed by atoms with van der Waals surface area (Å²) in [7, 11) is -3.39. The Morgan fingerprint density at radius 1 is 1.33 bits per heavy atom. The Morgan fingerprint density at radius 2 is 2.00 bits per heavy atom. The molecule has 116 valence electrons. The van der Waals surface area contributed by atoms with E-state index in [0.29, 0.717) is 16.3 Å². The second kappa shape index (κ2) is 6.94. The van der Waals surface area contributed by atoms with Gasteiger partial charge in [0.25, 0.3) is 0 Å². The van der Waals surface area contributed by atoms with Crippen molar-refractivity contribution in [3.63, 3.8) is 0 Å². The van der Waals surface area contributed by atoms with Crippen LogP contribution in [-0.4, -0.2) is 19.2 Å². The van der Waals surface area contributed by atoms with Crippen LogP contribution in [0.25, 0.3) is 0 Å². The summed E-state index contributed by atoms with van der Waals surface area (Å²) in [6.45, 7) is 0. The van der Waals surface area contributed by atoms with E-state index in [-0.39, 0.29) is 16.7 Å². The van der Waals surface area contributed by atoms with E-state index < -0.39 is 10.0 Å². The Hall–Kier alpha value is -0.850. The molecule has 1 aromatic carbocycles. The van der Waals surface area contributed by atoms with Crippen molar-refractivity contribution in [2.24, 2.45) is 11.7 Å². The van der Waals surface area contributed by atoms with Crippen molar-refractivity contribution in [2.45, 2.75) is 32.1 Å². The van der Waals surface area contributed by atoms with Crippen molar-refractivity contribution < 1.29 is 8.42 Å². The second-order valence-corrected chi connectivity index (χ2v) is 8.06. The summed E-state index contributed by atoms with van der Waals surface area (Å²) in [6, 6.07) is 4.82. The van der Waals surface area contributed by atoms with Crippen LogP contribution in [0, 0.1) is 5.92 Å². The van der Waals surface area contributed by atoms with E-state index in [2.05, 4.69) is 4.72 Å². The van der Waals surface area contributed by atoms with Gasteiger partial charge in [0.05, 0.1) is 16.5 Å². The van der Waals surface area contributed by atoms with Crippen molar-refractivity contribution >= 4 is 44.5 Å². The zero-order valence-electron chi connectivity index (χ0n) is 11.6. The Labute approximate surface area is 136 Å². The van der Waals surface area contributed by atoms with Gasteiger partial charge in [-0.15, -0.1) is 0 Å². The molecule has 0 unspecified atom stereocenters. The van der Waals surface area contributed by atoms with Gasteiger partial charge in [-0.3, -0.25) is 4.72 Å². The molecule has 0 saturated heterocycles. The molecule has 3 N–H and O–H groups in total. The molecule has 1 aliphatic rings. The van der Waals surface area contributed by atoms with Gasteiger partial charge in [0.1, 0.15) is 4.99 Å². The van der Waals surface area contributed by atoms with Crippen molar-refractivity contribution in [1.82, 2.24) is 0 Å². The summed E-state index contributed by atoms with van der Waals surface area (Å²) in [6.07, 6.45) is 5.40. The lowest BCUT2D eigenvalue weighted by Crippen LogP contribution is -2.24. The van der Waals surface area contributed by atoms with Crippen LogP contribution in [0.3, 0.4) is 0 Å². The van der Waals surface area contributed by atoms with E-state index in [1.807, 2.05) is 0 Å². The summed E-state index contributed by atoms with van der Waals surface area (Å²) >= 11 is 10.9. The van der Waals surface area contributed by atoms with Crippen LogP contribution in [0.2, 0.25) is 5.02 Å². The molecule has 0 bridgehead atoms. The first-order valence-electron chi connectivity index (χ1n) is 6.97. The number of rotatable bonds is 5. The average molecular weight is 347 g/mol. The first-order valence-corrected chi connectivity index (χ1v) is 9.41. The number of benzene rings is 1. The predicted molar refractivity (Wildman–Crippen MR) is 91.3 cm³/mol. The standard InChI is InChI=1S/C14H19ClN2O2S2/c15-12-8-11(14(16)20)6-7-13(12)17-21(18,19)9-10-4-2-1-3-5-10/h6-8,10,17H,1-5,9H2,(H2,16,20). The summed E-state index contributed by atoms with van der Waals surface area (Å²) in [5.41, 5.74) is 6.50. The molecule has 2 rings (SSSR count). The molecular formula is C14H19ClN2O2S2. The Morgan fingerprint density at radius 3 is 2.57 bits per heavy atom. The summed E-state index contributed by atoms with van der Waals surface area (Å²) in [5.74, 6) is 0.395. The van der Waals surface area contributed by atoms with Crippen LogP contribution >= 0.6 is 23.8 Å². The molecule has 0 aromatic heterocycles. The SMILES string of the molecule is NC(=S)c1ccc(NS(=O)(=O)CC2CCCCC2)c(Cl)c1. The van der Waals surface area contributed by atoms with Gasteiger partial charge in [0.15, 0.2) is 0 Å². The summed E-state index contributed by atoms with van der Waals surface area (Å²) in [4.78, 5) is 0.230. The predicted octanol–water partition coefficient (Wildman–Crippen LogP) is 3.30. The third-order valence-corrected chi connectivity index (χ3v) is 5.69. The molecule has 0 aliphatic heterocycles. The lowest BCUT2D eigenvalue weighted by atomic mass is 9.91. The first kappa shape index (κ1) is 16.5. The van der Waals surface area contributed by atoms with Crippen molar-refractivity contribution in [2.75, 3.05) is 10.5 Å².